The van der Waals surface area contributed by atoms with Crippen LogP contribution < -0.4 is 0 Å². The molecule has 0 saturated heterocycles. The minimum Gasteiger partial charge on any atom is -0.469 e. The fourth-order valence-corrected chi connectivity index (χ4v) is 1.54. The summed E-state index contributed by atoms with van der Waals surface area (Å²) in [4.78, 5) is 16.3. The molecule has 90 valence electrons. The summed E-state index contributed by atoms with van der Waals surface area (Å²) in [6.45, 7) is 1.93. The second-order valence-corrected chi connectivity index (χ2v) is 3.93. The number of likely N-dealkylation sites (N-methyl/N-ethyl adjacent to an activating group) is 1. The van der Waals surface area contributed by atoms with Crippen LogP contribution in [-0.4, -0.2) is 43.1 Å². The summed E-state index contributed by atoms with van der Waals surface area (Å²) in [5.74, 6) is -0.127. The first-order valence-electron chi connectivity index (χ1n) is 5.60. The molecule has 0 aromatic carbocycles. The molecular weight excluding hydrogens is 204 g/mol. The van der Waals surface area contributed by atoms with Crippen LogP contribution in [-0.2, 0) is 16.0 Å². The molecule has 0 amide bonds. The molecule has 0 aliphatic rings. The fraction of sp³-hybridized carbons (Fsp3) is 0.583. The Morgan fingerprint density at radius 1 is 1.50 bits per heavy atom. The lowest BCUT2D eigenvalue weighted by Crippen LogP contribution is -2.23. The van der Waals surface area contributed by atoms with Gasteiger partial charge in [0.1, 0.15) is 0 Å². The van der Waals surface area contributed by atoms with Crippen LogP contribution in [0.5, 0.6) is 0 Å². The molecule has 1 rings (SSSR count). The standard InChI is InChI=1S/C12H20N2O2/c1-14(9-4-6-12(15)16-2)10-7-11-5-3-8-13-11/h3,5,8,13H,4,6-7,9-10H2,1-2H3. The van der Waals surface area contributed by atoms with Crippen LogP contribution in [0, 0.1) is 0 Å². The van der Waals surface area contributed by atoms with Gasteiger partial charge in [-0.3, -0.25) is 4.79 Å². The van der Waals surface area contributed by atoms with E-state index >= 15 is 0 Å². The van der Waals surface area contributed by atoms with E-state index in [4.69, 9.17) is 0 Å². The van der Waals surface area contributed by atoms with Crippen molar-refractivity contribution in [3.05, 3.63) is 24.0 Å². The van der Waals surface area contributed by atoms with Crippen LogP contribution in [0.25, 0.3) is 0 Å². The lowest BCUT2D eigenvalue weighted by Gasteiger charge is -2.15. The highest BCUT2D eigenvalue weighted by Gasteiger charge is 2.03. The third kappa shape index (κ3) is 4.98. The Hall–Kier alpha value is -1.29. The van der Waals surface area contributed by atoms with Crippen molar-refractivity contribution in [3.63, 3.8) is 0 Å². The van der Waals surface area contributed by atoms with Gasteiger partial charge in [0.15, 0.2) is 0 Å². The zero-order valence-electron chi connectivity index (χ0n) is 10.0. The van der Waals surface area contributed by atoms with E-state index in [2.05, 4.69) is 27.7 Å². The first kappa shape index (κ1) is 12.8. The maximum Gasteiger partial charge on any atom is 0.305 e. The average molecular weight is 224 g/mol. The first-order chi connectivity index (χ1) is 7.72. The van der Waals surface area contributed by atoms with Crippen molar-refractivity contribution in [2.24, 2.45) is 0 Å². The molecule has 0 spiro atoms. The number of ether oxygens (including phenoxy) is 1. The third-order valence-corrected chi connectivity index (χ3v) is 2.57. The van der Waals surface area contributed by atoms with Crippen molar-refractivity contribution in [2.45, 2.75) is 19.3 Å². The van der Waals surface area contributed by atoms with Gasteiger partial charge in [0.2, 0.25) is 0 Å². The summed E-state index contributed by atoms with van der Waals surface area (Å²) in [6.07, 6.45) is 4.31. The SMILES string of the molecule is COC(=O)CCCN(C)CCc1ccc[nH]1. The number of hydrogen-bond donors (Lipinski definition) is 1. The number of carbonyl (C=O) groups is 1. The second kappa shape index (κ2) is 7.06. The van der Waals surface area contributed by atoms with Gasteiger partial charge in [-0.1, -0.05) is 0 Å². The number of carbonyl (C=O) groups excluding carboxylic acids is 1. The summed E-state index contributed by atoms with van der Waals surface area (Å²) in [7, 11) is 3.50. The van der Waals surface area contributed by atoms with Gasteiger partial charge in [-0.15, -0.1) is 0 Å². The molecule has 1 aromatic rings. The number of hydrogen-bond acceptors (Lipinski definition) is 3. The fourth-order valence-electron chi connectivity index (χ4n) is 1.54. The van der Waals surface area contributed by atoms with E-state index in [9.17, 15) is 4.79 Å². The number of esters is 1. The van der Waals surface area contributed by atoms with Gasteiger partial charge in [-0.25, -0.2) is 0 Å². The van der Waals surface area contributed by atoms with E-state index in [-0.39, 0.29) is 5.97 Å². The quantitative estimate of drug-likeness (QED) is 0.713. The maximum atomic E-state index is 10.9. The van der Waals surface area contributed by atoms with E-state index < -0.39 is 0 Å². The molecule has 0 aliphatic heterocycles. The molecule has 16 heavy (non-hydrogen) atoms. The Balaban J connectivity index is 2.07. The largest absolute Gasteiger partial charge is 0.469 e. The lowest BCUT2D eigenvalue weighted by molar-refractivity contribution is -0.140. The summed E-state index contributed by atoms with van der Waals surface area (Å²) in [5.41, 5.74) is 1.25. The number of methoxy groups -OCH3 is 1. The maximum absolute atomic E-state index is 10.9. The Bertz CT molecular complexity index is 296. The predicted octanol–water partition coefficient (Wildman–Crippen LogP) is 1.44. The van der Waals surface area contributed by atoms with Crippen molar-refractivity contribution in [1.29, 1.82) is 0 Å². The van der Waals surface area contributed by atoms with Crippen molar-refractivity contribution in [2.75, 3.05) is 27.2 Å². The Morgan fingerprint density at radius 3 is 2.94 bits per heavy atom. The van der Waals surface area contributed by atoms with E-state index in [1.807, 2.05) is 12.3 Å². The molecule has 4 nitrogen and oxygen atoms in total. The summed E-state index contributed by atoms with van der Waals surface area (Å²) in [6, 6.07) is 4.09. The highest BCUT2D eigenvalue weighted by molar-refractivity contribution is 5.69. The highest BCUT2D eigenvalue weighted by Crippen LogP contribution is 1.99. The first-order valence-corrected chi connectivity index (χ1v) is 5.60. The topological polar surface area (TPSA) is 45.3 Å². The van der Waals surface area contributed by atoms with Crippen LogP contribution in [0.1, 0.15) is 18.5 Å². The van der Waals surface area contributed by atoms with Crippen molar-refractivity contribution >= 4 is 5.97 Å². The predicted molar refractivity (Wildman–Crippen MR) is 63.2 cm³/mol. The molecule has 0 saturated carbocycles. The van der Waals surface area contributed by atoms with Crippen molar-refractivity contribution in [3.8, 4) is 0 Å². The number of nitrogens with one attached hydrogen (secondary N) is 1. The summed E-state index contributed by atoms with van der Waals surface area (Å²) >= 11 is 0. The molecule has 0 aliphatic carbocycles. The van der Waals surface area contributed by atoms with E-state index in [1.54, 1.807) is 0 Å². The molecular formula is C12H20N2O2. The summed E-state index contributed by atoms with van der Waals surface area (Å²) in [5, 5.41) is 0. The van der Waals surface area contributed by atoms with Crippen LogP contribution >= 0.6 is 0 Å². The van der Waals surface area contributed by atoms with Crippen LogP contribution in [0.2, 0.25) is 0 Å². The van der Waals surface area contributed by atoms with Crippen molar-refractivity contribution in [1.82, 2.24) is 9.88 Å². The lowest BCUT2D eigenvalue weighted by atomic mass is 10.2. The van der Waals surface area contributed by atoms with E-state index in [1.165, 1.54) is 12.8 Å². The molecule has 0 radical (unpaired) electrons. The third-order valence-electron chi connectivity index (χ3n) is 2.57. The van der Waals surface area contributed by atoms with Gasteiger partial charge in [0, 0.05) is 31.3 Å². The number of aromatic nitrogens is 1. The van der Waals surface area contributed by atoms with Crippen LogP contribution in [0.4, 0.5) is 0 Å². The minimum atomic E-state index is -0.127. The Morgan fingerprint density at radius 2 is 2.31 bits per heavy atom. The molecule has 0 atom stereocenters. The van der Waals surface area contributed by atoms with Crippen molar-refractivity contribution < 1.29 is 9.53 Å². The van der Waals surface area contributed by atoms with Gasteiger partial charge in [-0.2, -0.15) is 0 Å². The zero-order valence-corrected chi connectivity index (χ0v) is 10.0. The Labute approximate surface area is 96.6 Å². The van der Waals surface area contributed by atoms with E-state index in [0.29, 0.717) is 6.42 Å². The molecule has 0 fully saturated rings. The number of H-pyrrole nitrogens is 1. The highest BCUT2D eigenvalue weighted by atomic mass is 16.5. The van der Waals surface area contributed by atoms with Gasteiger partial charge >= 0.3 is 5.97 Å². The van der Waals surface area contributed by atoms with Crippen LogP contribution in [0.15, 0.2) is 18.3 Å². The van der Waals surface area contributed by atoms with E-state index in [0.717, 1.165) is 25.9 Å². The van der Waals surface area contributed by atoms with Gasteiger partial charge in [0.05, 0.1) is 7.11 Å². The van der Waals surface area contributed by atoms with Crippen LogP contribution in [0.3, 0.4) is 0 Å². The molecule has 0 unspecified atom stereocenters. The second-order valence-electron chi connectivity index (χ2n) is 3.93. The summed E-state index contributed by atoms with van der Waals surface area (Å²) < 4.78 is 4.59. The molecule has 1 N–H and O–H groups in total. The van der Waals surface area contributed by atoms with Gasteiger partial charge in [-0.05, 0) is 32.1 Å². The van der Waals surface area contributed by atoms with Gasteiger partial charge in [0.25, 0.3) is 0 Å². The zero-order chi connectivity index (χ0) is 11.8. The number of nitrogens with zero attached hydrogens (tertiary/aromatic N) is 1. The smallest absolute Gasteiger partial charge is 0.305 e. The molecule has 4 heteroatoms. The number of rotatable bonds is 7. The minimum absolute atomic E-state index is 0.127. The Kier molecular flexibility index (Phi) is 5.64. The molecule has 1 aromatic heterocycles. The monoisotopic (exact) mass is 224 g/mol. The molecule has 1 heterocycles. The normalized spacial score (nSPS) is 10.7. The number of aromatic amines is 1. The van der Waals surface area contributed by atoms with Gasteiger partial charge < -0.3 is 14.6 Å². The average Bonchev–Trinajstić information content (AvgIpc) is 2.79. The molecule has 0 bridgehead atoms.